The van der Waals surface area contributed by atoms with Crippen LogP contribution < -0.4 is 5.32 Å². The summed E-state index contributed by atoms with van der Waals surface area (Å²) in [4.78, 5) is 11.7. The number of aliphatic hydroxyl groups is 1. The summed E-state index contributed by atoms with van der Waals surface area (Å²) in [6.07, 6.45) is 0.329. The summed E-state index contributed by atoms with van der Waals surface area (Å²) < 4.78 is 26.2. The lowest BCUT2D eigenvalue weighted by atomic mass is 10.0. The van der Waals surface area contributed by atoms with E-state index in [4.69, 9.17) is 5.11 Å². The van der Waals surface area contributed by atoms with Crippen LogP contribution in [0, 0.1) is 11.6 Å². The summed E-state index contributed by atoms with van der Waals surface area (Å²) >= 11 is 0. The van der Waals surface area contributed by atoms with E-state index in [0.29, 0.717) is 6.42 Å². The quantitative estimate of drug-likeness (QED) is 0.848. The molecule has 0 atom stereocenters. The van der Waals surface area contributed by atoms with Crippen LogP contribution in [-0.4, -0.2) is 23.2 Å². The number of halogens is 2. The van der Waals surface area contributed by atoms with Crippen molar-refractivity contribution in [3.05, 3.63) is 35.4 Å². The number of hydrogen-bond acceptors (Lipinski definition) is 2. The summed E-state index contributed by atoms with van der Waals surface area (Å²) in [5, 5.41) is 11.3. The average Bonchev–Trinajstić information content (AvgIpc) is 2.20. The Kier molecular flexibility index (Phi) is 4.17. The highest BCUT2D eigenvalue weighted by Gasteiger charge is 2.22. The van der Waals surface area contributed by atoms with E-state index in [9.17, 15) is 13.6 Å². The molecule has 17 heavy (non-hydrogen) atoms. The van der Waals surface area contributed by atoms with Crippen molar-refractivity contribution in [2.24, 2.45) is 0 Å². The Bertz CT molecular complexity index is 419. The number of nitrogens with one attached hydrogen (secondary N) is 1. The second-order valence-electron chi connectivity index (χ2n) is 4.44. The highest BCUT2D eigenvalue weighted by atomic mass is 19.1. The monoisotopic (exact) mass is 243 g/mol. The molecule has 0 spiro atoms. The molecule has 0 bridgehead atoms. The van der Waals surface area contributed by atoms with Crippen molar-refractivity contribution in [3.8, 4) is 0 Å². The highest BCUT2D eigenvalue weighted by molar-refractivity contribution is 5.94. The molecule has 0 saturated carbocycles. The van der Waals surface area contributed by atoms with Gasteiger partial charge in [-0.25, -0.2) is 8.78 Å². The van der Waals surface area contributed by atoms with E-state index in [0.717, 1.165) is 18.2 Å². The Balaban J connectivity index is 2.86. The lowest BCUT2D eigenvalue weighted by Crippen LogP contribution is -2.44. The molecule has 1 aromatic rings. The van der Waals surface area contributed by atoms with Gasteiger partial charge in [-0.2, -0.15) is 0 Å². The zero-order valence-corrected chi connectivity index (χ0v) is 9.76. The number of carbonyl (C=O) groups excluding carboxylic acids is 1. The van der Waals surface area contributed by atoms with E-state index < -0.39 is 23.1 Å². The number of benzene rings is 1. The molecule has 5 heteroatoms. The Morgan fingerprint density at radius 2 is 2.06 bits per heavy atom. The van der Waals surface area contributed by atoms with Gasteiger partial charge in [-0.1, -0.05) is 0 Å². The van der Waals surface area contributed by atoms with E-state index in [2.05, 4.69) is 5.32 Å². The molecule has 0 aliphatic heterocycles. The van der Waals surface area contributed by atoms with Crippen molar-refractivity contribution < 1.29 is 18.7 Å². The van der Waals surface area contributed by atoms with Crippen LogP contribution in [0.15, 0.2) is 18.2 Å². The van der Waals surface area contributed by atoms with Gasteiger partial charge in [0.25, 0.3) is 5.91 Å². The fourth-order valence-corrected chi connectivity index (χ4v) is 1.39. The molecule has 0 heterocycles. The van der Waals surface area contributed by atoms with Crippen molar-refractivity contribution in [1.82, 2.24) is 5.32 Å². The second kappa shape index (κ2) is 5.23. The summed E-state index contributed by atoms with van der Waals surface area (Å²) in [7, 11) is 0. The van der Waals surface area contributed by atoms with Crippen LogP contribution in [0.1, 0.15) is 30.6 Å². The first-order valence-electron chi connectivity index (χ1n) is 5.24. The third-order valence-corrected chi connectivity index (χ3v) is 2.36. The van der Waals surface area contributed by atoms with Crippen LogP contribution in [0.4, 0.5) is 8.78 Å². The van der Waals surface area contributed by atoms with Gasteiger partial charge < -0.3 is 10.4 Å². The Morgan fingerprint density at radius 3 is 2.65 bits per heavy atom. The van der Waals surface area contributed by atoms with Gasteiger partial charge in [-0.3, -0.25) is 4.79 Å². The van der Waals surface area contributed by atoms with E-state index >= 15 is 0 Å². The van der Waals surface area contributed by atoms with E-state index in [1.807, 2.05) is 0 Å². The van der Waals surface area contributed by atoms with E-state index in [1.165, 1.54) is 0 Å². The topological polar surface area (TPSA) is 49.3 Å². The zero-order valence-electron chi connectivity index (χ0n) is 9.76. The molecule has 94 valence electrons. The van der Waals surface area contributed by atoms with Crippen LogP contribution in [0.25, 0.3) is 0 Å². The lowest BCUT2D eigenvalue weighted by molar-refractivity contribution is 0.0895. The predicted octanol–water partition coefficient (Wildman–Crippen LogP) is 1.86. The van der Waals surface area contributed by atoms with Gasteiger partial charge in [0.1, 0.15) is 11.6 Å². The minimum atomic E-state index is -0.774. The van der Waals surface area contributed by atoms with E-state index in [-0.39, 0.29) is 12.2 Å². The molecule has 1 amide bonds. The summed E-state index contributed by atoms with van der Waals surface area (Å²) in [5.74, 6) is -2.14. The number of carbonyl (C=O) groups is 1. The van der Waals surface area contributed by atoms with Gasteiger partial charge in [-0.15, -0.1) is 0 Å². The minimum Gasteiger partial charge on any atom is -0.396 e. The van der Waals surface area contributed by atoms with Crippen LogP contribution in [0.2, 0.25) is 0 Å². The van der Waals surface area contributed by atoms with Crippen molar-refractivity contribution in [2.75, 3.05) is 6.61 Å². The average molecular weight is 243 g/mol. The first-order valence-corrected chi connectivity index (χ1v) is 5.24. The Labute approximate surface area is 98.5 Å². The number of aliphatic hydroxyl groups excluding tert-OH is 1. The van der Waals surface area contributed by atoms with Crippen molar-refractivity contribution >= 4 is 5.91 Å². The van der Waals surface area contributed by atoms with Gasteiger partial charge in [0.2, 0.25) is 0 Å². The van der Waals surface area contributed by atoms with Gasteiger partial charge >= 0.3 is 0 Å². The first kappa shape index (κ1) is 13.6. The van der Waals surface area contributed by atoms with Crippen LogP contribution >= 0.6 is 0 Å². The minimum absolute atomic E-state index is 0.0983. The van der Waals surface area contributed by atoms with Crippen LogP contribution in [0.3, 0.4) is 0 Å². The van der Waals surface area contributed by atoms with Gasteiger partial charge in [0.15, 0.2) is 0 Å². The standard InChI is InChI=1S/C12H15F2NO2/c1-12(2,5-6-16)15-11(17)9-7-8(13)3-4-10(9)14/h3-4,7,16H,5-6H2,1-2H3,(H,15,17). The maximum atomic E-state index is 13.3. The molecule has 2 N–H and O–H groups in total. The second-order valence-corrected chi connectivity index (χ2v) is 4.44. The first-order chi connectivity index (χ1) is 7.85. The van der Waals surface area contributed by atoms with Crippen LogP contribution in [0.5, 0.6) is 0 Å². The molecule has 1 aromatic carbocycles. The largest absolute Gasteiger partial charge is 0.396 e. The third kappa shape index (κ3) is 3.78. The smallest absolute Gasteiger partial charge is 0.254 e. The van der Waals surface area contributed by atoms with E-state index in [1.54, 1.807) is 13.8 Å². The molecular weight excluding hydrogens is 228 g/mol. The molecule has 0 aliphatic carbocycles. The molecule has 0 aromatic heterocycles. The normalized spacial score (nSPS) is 11.4. The molecule has 0 unspecified atom stereocenters. The fourth-order valence-electron chi connectivity index (χ4n) is 1.39. The van der Waals surface area contributed by atoms with Gasteiger partial charge in [-0.05, 0) is 38.5 Å². The van der Waals surface area contributed by atoms with Gasteiger partial charge in [0, 0.05) is 12.1 Å². The van der Waals surface area contributed by atoms with Crippen LogP contribution in [-0.2, 0) is 0 Å². The molecule has 0 radical (unpaired) electrons. The van der Waals surface area contributed by atoms with Crippen molar-refractivity contribution in [1.29, 1.82) is 0 Å². The summed E-state index contributed by atoms with van der Waals surface area (Å²) in [6.45, 7) is 3.29. The Morgan fingerprint density at radius 1 is 1.41 bits per heavy atom. The summed E-state index contributed by atoms with van der Waals surface area (Å²) in [5.41, 5.74) is -1.01. The fraction of sp³-hybridized carbons (Fsp3) is 0.417. The molecule has 0 aliphatic rings. The maximum Gasteiger partial charge on any atom is 0.254 e. The van der Waals surface area contributed by atoms with Crippen molar-refractivity contribution in [2.45, 2.75) is 25.8 Å². The molecule has 3 nitrogen and oxygen atoms in total. The molecule has 0 saturated heterocycles. The predicted molar refractivity (Wildman–Crippen MR) is 59.6 cm³/mol. The molecule has 0 fully saturated rings. The number of hydrogen-bond donors (Lipinski definition) is 2. The maximum absolute atomic E-state index is 13.3. The SMILES string of the molecule is CC(C)(CCO)NC(=O)c1cc(F)ccc1F. The zero-order chi connectivity index (χ0) is 13.1. The van der Waals surface area contributed by atoms with Crippen molar-refractivity contribution in [3.63, 3.8) is 0 Å². The number of rotatable bonds is 4. The molecule has 1 rings (SSSR count). The van der Waals surface area contributed by atoms with Gasteiger partial charge in [0.05, 0.1) is 5.56 Å². The third-order valence-electron chi connectivity index (χ3n) is 2.36. The number of amides is 1. The highest BCUT2D eigenvalue weighted by Crippen LogP contribution is 2.13. The molecular formula is C12H15F2NO2. The summed E-state index contributed by atoms with van der Waals surface area (Å²) in [6, 6.07) is 2.70. The Hall–Kier alpha value is -1.49. The lowest BCUT2D eigenvalue weighted by Gasteiger charge is -2.25.